The van der Waals surface area contributed by atoms with Gasteiger partial charge in [0.2, 0.25) is 5.91 Å². The molecule has 0 spiro atoms. The van der Waals surface area contributed by atoms with Crippen molar-refractivity contribution in [3.63, 3.8) is 0 Å². The van der Waals surface area contributed by atoms with E-state index in [-0.39, 0.29) is 41.2 Å². The standard InChI is InChI=1S/C12H11BrFNO4/c13-7-1-2-8(14)11(10(7)12(18)19)15-4-6(5-16)3-9(15)17/h1-2,6,16H,3-5H2,(H,18,19). The SMILES string of the molecule is O=C(O)c1c(Br)ccc(F)c1N1CC(CO)CC1=O. The minimum absolute atomic E-state index is 0.0848. The van der Waals surface area contributed by atoms with Gasteiger partial charge in [-0.2, -0.15) is 0 Å². The van der Waals surface area contributed by atoms with Crippen molar-refractivity contribution in [2.24, 2.45) is 5.92 Å². The van der Waals surface area contributed by atoms with E-state index in [1.165, 1.54) is 6.07 Å². The maximum absolute atomic E-state index is 13.9. The molecule has 1 saturated heterocycles. The van der Waals surface area contributed by atoms with E-state index in [1.54, 1.807) is 0 Å². The van der Waals surface area contributed by atoms with Crippen molar-refractivity contribution >= 4 is 33.5 Å². The molecule has 5 nitrogen and oxygen atoms in total. The second-order valence-electron chi connectivity index (χ2n) is 4.32. The summed E-state index contributed by atoms with van der Waals surface area (Å²) >= 11 is 3.05. The van der Waals surface area contributed by atoms with Crippen molar-refractivity contribution in [2.75, 3.05) is 18.1 Å². The zero-order valence-electron chi connectivity index (χ0n) is 9.77. The van der Waals surface area contributed by atoms with Crippen LogP contribution in [0.2, 0.25) is 0 Å². The van der Waals surface area contributed by atoms with E-state index in [0.29, 0.717) is 0 Å². The van der Waals surface area contributed by atoms with Crippen LogP contribution in [0.5, 0.6) is 0 Å². The molecule has 1 aliphatic heterocycles. The summed E-state index contributed by atoms with van der Waals surface area (Å²) in [6, 6.07) is 2.39. The first-order chi connectivity index (χ1) is 8.95. The van der Waals surface area contributed by atoms with E-state index in [1.807, 2.05) is 0 Å². The fourth-order valence-electron chi connectivity index (χ4n) is 2.13. The maximum atomic E-state index is 13.9. The van der Waals surface area contributed by atoms with Crippen LogP contribution in [0.3, 0.4) is 0 Å². The zero-order valence-corrected chi connectivity index (χ0v) is 11.4. The van der Waals surface area contributed by atoms with Crippen LogP contribution in [-0.2, 0) is 4.79 Å². The van der Waals surface area contributed by atoms with E-state index < -0.39 is 17.7 Å². The molecule has 1 heterocycles. The maximum Gasteiger partial charge on any atom is 0.339 e. The fraction of sp³-hybridized carbons (Fsp3) is 0.333. The highest BCUT2D eigenvalue weighted by Gasteiger charge is 2.35. The molecule has 1 atom stereocenters. The fourth-order valence-corrected chi connectivity index (χ4v) is 2.62. The third-order valence-corrected chi connectivity index (χ3v) is 3.69. The van der Waals surface area contributed by atoms with Crippen molar-refractivity contribution in [1.82, 2.24) is 0 Å². The number of nitrogens with zero attached hydrogens (tertiary/aromatic N) is 1. The molecule has 1 unspecified atom stereocenters. The topological polar surface area (TPSA) is 77.8 Å². The van der Waals surface area contributed by atoms with Crippen LogP contribution in [0.25, 0.3) is 0 Å². The Labute approximate surface area is 116 Å². The number of hydrogen-bond acceptors (Lipinski definition) is 3. The van der Waals surface area contributed by atoms with Gasteiger partial charge < -0.3 is 15.1 Å². The molecule has 7 heteroatoms. The minimum Gasteiger partial charge on any atom is -0.478 e. The number of carboxylic acid groups (broad SMARTS) is 1. The van der Waals surface area contributed by atoms with Gasteiger partial charge in [-0.25, -0.2) is 9.18 Å². The zero-order chi connectivity index (χ0) is 14.2. The number of amides is 1. The highest BCUT2D eigenvalue weighted by Crippen LogP contribution is 2.34. The molecule has 2 rings (SSSR count). The number of benzene rings is 1. The summed E-state index contributed by atoms with van der Waals surface area (Å²) in [6.45, 7) is -0.0801. The van der Waals surface area contributed by atoms with Gasteiger partial charge >= 0.3 is 5.97 Å². The number of carbonyl (C=O) groups excluding carboxylic acids is 1. The van der Waals surface area contributed by atoms with Crippen LogP contribution in [0.1, 0.15) is 16.8 Å². The molecule has 1 amide bonds. The van der Waals surface area contributed by atoms with Crippen molar-refractivity contribution < 1.29 is 24.2 Å². The van der Waals surface area contributed by atoms with Gasteiger partial charge in [0.05, 0.1) is 5.69 Å². The van der Waals surface area contributed by atoms with Gasteiger partial charge in [0, 0.05) is 30.0 Å². The van der Waals surface area contributed by atoms with Gasteiger partial charge in [0.25, 0.3) is 0 Å². The number of aliphatic hydroxyl groups excluding tert-OH is 1. The Morgan fingerprint density at radius 1 is 1.53 bits per heavy atom. The predicted molar refractivity (Wildman–Crippen MR) is 68.6 cm³/mol. The quantitative estimate of drug-likeness (QED) is 0.882. The molecule has 1 aromatic carbocycles. The number of hydrogen-bond donors (Lipinski definition) is 2. The highest BCUT2D eigenvalue weighted by atomic mass is 79.9. The van der Waals surface area contributed by atoms with Gasteiger partial charge in [0.15, 0.2) is 0 Å². The molecule has 0 aliphatic carbocycles. The van der Waals surface area contributed by atoms with Crippen LogP contribution < -0.4 is 4.90 Å². The number of aliphatic hydroxyl groups is 1. The van der Waals surface area contributed by atoms with Crippen LogP contribution in [0.4, 0.5) is 10.1 Å². The summed E-state index contributed by atoms with van der Waals surface area (Å²) in [5.41, 5.74) is -0.533. The summed E-state index contributed by atoms with van der Waals surface area (Å²) < 4.78 is 14.1. The van der Waals surface area contributed by atoms with Crippen LogP contribution in [0, 0.1) is 11.7 Å². The lowest BCUT2D eigenvalue weighted by Gasteiger charge is -2.20. The molecule has 1 fully saturated rings. The Balaban J connectivity index is 2.53. The number of carbonyl (C=O) groups is 2. The average molecular weight is 332 g/mol. The lowest BCUT2D eigenvalue weighted by Crippen LogP contribution is -2.28. The second-order valence-corrected chi connectivity index (χ2v) is 5.17. The minimum atomic E-state index is -1.32. The summed E-state index contributed by atoms with van der Waals surface area (Å²) in [7, 11) is 0. The normalized spacial score (nSPS) is 19.0. The number of aromatic carboxylic acids is 1. The average Bonchev–Trinajstić information content (AvgIpc) is 2.72. The lowest BCUT2D eigenvalue weighted by molar-refractivity contribution is -0.117. The van der Waals surface area contributed by atoms with Gasteiger partial charge in [0.1, 0.15) is 11.4 Å². The molecule has 102 valence electrons. The van der Waals surface area contributed by atoms with E-state index in [9.17, 15) is 14.0 Å². The summed E-state index contributed by atoms with van der Waals surface area (Å²) in [5, 5.41) is 18.2. The van der Waals surface area contributed by atoms with Crippen LogP contribution in [0.15, 0.2) is 16.6 Å². The summed E-state index contributed by atoms with van der Waals surface area (Å²) in [5.74, 6) is -2.78. The monoisotopic (exact) mass is 331 g/mol. The molecule has 19 heavy (non-hydrogen) atoms. The van der Waals surface area contributed by atoms with E-state index in [4.69, 9.17) is 10.2 Å². The van der Waals surface area contributed by atoms with Crippen molar-refractivity contribution in [3.8, 4) is 0 Å². The Hall–Kier alpha value is -1.47. The predicted octanol–water partition coefficient (Wildman–Crippen LogP) is 1.63. The third-order valence-electron chi connectivity index (χ3n) is 3.02. The molecule has 0 aromatic heterocycles. The van der Waals surface area contributed by atoms with E-state index in [2.05, 4.69) is 15.9 Å². The Kier molecular flexibility index (Phi) is 3.86. The number of halogens is 2. The molecule has 2 N–H and O–H groups in total. The molecule has 0 radical (unpaired) electrons. The molecule has 0 saturated carbocycles. The van der Waals surface area contributed by atoms with Crippen molar-refractivity contribution in [1.29, 1.82) is 0 Å². The van der Waals surface area contributed by atoms with Gasteiger partial charge in [-0.15, -0.1) is 0 Å². The molecule has 0 bridgehead atoms. The molecule has 1 aliphatic rings. The molecule has 1 aromatic rings. The third kappa shape index (κ3) is 2.48. The Morgan fingerprint density at radius 2 is 2.21 bits per heavy atom. The van der Waals surface area contributed by atoms with Gasteiger partial charge in [-0.05, 0) is 28.1 Å². The lowest BCUT2D eigenvalue weighted by atomic mass is 10.1. The van der Waals surface area contributed by atoms with Gasteiger partial charge in [-0.3, -0.25) is 4.79 Å². The molecular weight excluding hydrogens is 321 g/mol. The first-order valence-corrected chi connectivity index (χ1v) is 6.37. The molecular formula is C12H11BrFNO4. The summed E-state index contributed by atoms with van der Waals surface area (Å²) in [4.78, 5) is 24.1. The number of carboxylic acids is 1. The largest absolute Gasteiger partial charge is 0.478 e. The second kappa shape index (κ2) is 5.26. The first-order valence-electron chi connectivity index (χ1n) is 5.58. The van der Waals surface area contributed by atoms with Crippen LogP contribution in [-0.4, -0.2) is 35.2 Å². The van der Waals surface area contributed by atoms with E-state index in [0.717, 1.165) is 11.0 Å². The Bertz CT molecular complexity index is 549. The highest BCUT2D eigenvalue weighted by molar-refractivity contribution is 9.10. The van der Waals surface area contributed by atoms with Crippen molar-refractivity contribution in [3.05, 3.63) is 28.0 Å². The Morgan fingerprint density at radius 3 is 2.74 bits per heavy atom. The van der Waals surface area contributed by atoms with E-state index >= 15 is 0 Å². The number of anilines is 1. The van der Waals surface area contributed by atoms with Crippen molar-refractivity contribution in [2.45, 2.75) is 6.42 Å². The van der Waals surface area contributed by atoms with Gasteiger partial charge in [-0.1, -0.05) is 0 Å². The summed E-state index contributed by atoms with van der Waals surface area (Å²) in [6.07, 6.45) is 0.0848. The first kappa shape index (κ1) is 14.0. The number of rotatable bonds is 3. The smallest absolute Gasteiger partial charge is 0.339 e. The van der Waals surface area contributed by atoms with Crippen LogP contribution >= 0.6 is 15.9 Å².